The van der Waals surface area contributed by atoms with Gasteiger partial charge >= 0.3 is 0 Å². The van der Waals surface area contributed by atoms with E-state index in [2.05, 4.69) is 9.88 Å². The normalized spacial score (nSPS) is 21.7. The Labute approximate surface area is 107 Å². The van der Waals surface area contributed by atoms with Crippen molar-refractivity contribution in [3.05, 3.63) is 23.9 Å². The van der Waals surface area contributed by atoms with Crippen LogP contribution >= 0.6 is 0 Å². The van der Waals surface area contributed by atoms with Gasteiger partial charge in [-0.2, -0.15) is 0 Å². The molecular weight excluding hydrogens is 228 g/mol. The van der Waals surface area contributed by atoms with Crippen LogP contribution < -0.4 is 16.4 Å². The standard InChI is InChI=1S/C13H20N4O/c1-9(14)10-4-5-12(16-7-10)17-6-2-3-11(8-17)13(15)18/h4-5,7,9,11H,2-3,6,8,14H2,1H3,(H2,15,18)/t9-,11?/m0/s1. The van der Waals surface area contributed by atoms with E-state index in [1.807, 2.05) is 19.1 Å². The molecule has 1 aromatic heterocycles. The largest absolute Gasteiger partial charge is 0.369 e. The van der Waals surface area contributed by atoms with Crippen molar-refractivity contribution in [2.24, 2.45) is 17.4 Å². The van der Waals surface area contributed by atoms with E-state index in [0.717, 1.165) is 30.8 Å². The molecule has 2 heterocycles. The zero-order valence-electron chi connectivity index (χ0n) is 10.7. The van der Waals surface area contributed by atoms with Crippen molar-refractivity contribution in [1.82, 2.24) is 4.98 Å². The fourth-order valence-corrected chi connectivity index (χ4v) is 2.27. The topological polar surface area (TPSA) is 85.2 Å². The van der Waals surface area contributed by atoms with Gasteiger partial charge in [0.15, 0.2) is 0 Å². The van der Waals surface area contributed by atoms with E-state index in [0.29, 0.717) is 6.54 Å². The highest BCUT2D eigenvalue weighted by atomic mass is 16.1. The lowest BCUT2D eigenvalue weighted by Gasteiger charge is -2.32. The van der Waals surface area contributed by atoms with E-state index >= 15 is 0 Å². The van der Waals surface area contributed by atoms with Gasteiger partial charge in [-0.3, -0.25) is 4.79 Å². The minimum Gasteiger partial charge on any atom is -0.369 e. The van der Waals surface area contributed by atoms with Crippen LogP contribution in [0.3, 0.4) is 0 Å². The van der Waals surface area contributed by atoms with Crippen LogP contribution in [0.15, 0.2) is 18.3 Å². The van der Waals surface area contributed by atoms with Crippen LogP contribution in [0.5, 0.6) is 0 Å². The molecule has 1 unspecified atom stereocenters. The van der Waals surface area contributed by atoms with Crippen LogP contribution in [0.1, 0.15) is 31.4 Å². The van der Waals surface area contributed by atoms with Crippen molar-refractivity contribution in [3.8, 4) is 0 Å². The number of anilines is 1. The lowest BCUT2D eigenvalue weighted by molar-refractivity contribution is -0.122. The summed E-state index contributed by atoms with van der Waals surface area (Å²) in [6.45, 7) is 3.52. The Morgan fingerprint density at radius 1 is 1.56 bits per heavy atom. The molecule has 1 aromatic rings. The number of pyridine rings is 1. The lowest BCUT2D eigenvalue weighted by atomic mass is 9.97. The molecule has 4 N–H and O–H groups in total. The van der Waals surface area contributed by atoms with Crippen LogP contribution in [-0.2, 0) is 4.79 Å². The SMILES string of the molecule is C[C@H](N)c1ccc(N2CCCC(C(N)=O)C2)nc1. The Morgan fingerprint density at radius 3 is 2.89 bits per heavy atom. The summed E-state index contributed by atoms with van der Waals surface area (Å²) in [7, 11) is 0. The van der Waals surface area contributed by atoms with Crippen LogP contribution in [-0.4, -0.2) is 24.0 Å². The molecule has 98 valence electrons. The summed E-state index contributed by atoms with van der Waals surface area (Å²) in [5.74, 6) is 0.617. The Morgan fingerprint density at radius 2 is 2.33 bits per heavy atom. The number of carbonyl (C=O) groups excluding carboxylic acids is 1. The van der Waals surface area contributed by atoms with Crippen LogP contribution in [0.25, 0.3) is 0 Å². The molecular formula is C13H20N4O. The number of hydrogen-bond acceptors (Lipinski definition) is 4. The third-order valence-electron chi connectivity index (χ3n) is 3.44. The summed E-state index contributed by atoms with van der Waals surface area (Å²) < 4.78 is 0. The van der Waals surface area contributed by atoms with Crippen molar-refractivity contribution in [2.75, 3.05) is 18.0 Å². The second kappa shape index (κ2) is 5.35. The van der Waals surface area contributed by atoms with E-state index in [-0.39, 0.29) is 17.9 Å². The average molecular weight is 248 g/mol. The van der Waals surface area contributed by atoms with Crippen molar-refractivity contribution >= 4 is 11.7 Å². The average Bonchev–Trinajstić information content (AvgIpc) is 2.39. The summed E-state index contributed by atoms with van der Waals surface area (Å²) >= 11 is 0. The van der Waals surface area contributed by atoms with Gasteiger partial charge in [0, 0.05) is 25.3 Å². The maximum atomic E-state index is 11.2. The number of carbonyl (C=O) groups is 1. The summed E-state index contributed by atoms with van der Waals surface area (Å²) in [4.78, 5) is 17.8. The predicted octanol–water partition coefficient (Wildman–Crippen LogP) is 0.803. The number of rotatable bonds is 3. The summed E-state index contributed by atoms with van der Waals surface area (Å²) in [6.07, 6.45) is 3.65. The molecule has 1 amide bonds. The Kier molecular flexibility index (Phi) is 3.81. The van der Waals surface area contributed by atoms with Crippen molar-refractivity contribution in [2.45, 2.75) is 25.8 Å². The van der Waals surface area contributed by atoms with Crippen LogP contribution in [0, 0.1) is 5.92 Å². The zero-order valence-corrected chi connectivity index (χ0v) is 10.7. The molecule has 0 spiro atoms. The third kappa shape index (κ3) is 2.79. The first-order valence-electron chi connectivity index (χ1n) is 6.33. The number of aromatic nitrogens is 1. The van der Waals surface area contributed by atoms with Crippen LogP contribution in [0.4, 0.5) is 5.82 Å². The van der Waals surface area contributed by atoms with E-state index in [1.54, 1.807) is 6.20 Å². The van der Waals surface area contributed by atoms with Gasteiger partial charge in [-0.25, -0.2) is 4.98 Å². The van der Waals surface area contributed by atoms with Crippen LogP contribution in [0.2, 0.25) is 0 Å². The lowest BCUT2D eigenvalue weighted by Crippen LogP contribution is -2.41. The molecule has 0 aliphatic carbocycles. The number of hydrogen-bond donors (Lipinski definition) is 2. The molecule has 0 aromatic carbocycles. The third-order valence-corrected chi connectivity index (χ3v) is 3.44. The summed E-state index contributed by atoms with van der Waals surface area (Å²) in [5, 5.41) is 0. The number of nitrogens with two attached hydrogens (primary N) is 2. The molecule has 0 radical (unpaired) electrons. The number of primary amides is 1. The smallest absolute Gasteiger partial charge is 0.222 e. The summed E-state index contributed by atoms with van der Waals surface area (Å²) in [5.41, 5.74) is 12.2. The first kappa shape index (κ1) is 12.8. The Balaban J connectivity index is 2.09. The molecule has 2 rings (SSSR count). The molecule has 5 nitrogen and oxygen atoms in total. The van der Waals surface area contributed by atoms with E-state index in [9.17, 15) is 4.79 Å². The molecule has 1 aliphatic rings. The first-order chi connectivity index (χ1) is 8.58. The van der Waals surface area contributed by atoms with Crippen molar-refractivity contribution < 1.29 is 4.79 Å². The van der Waals surface area contributed by atoms with E-state index in [1.165, 1.54) is 0 Å². The van der Waals surface area contributed by atoms with Gasteiger partial charge in [0.2, 0.25) is 5.91 Å². The molecule has 0 bridgehead atoms. The Hall–Kier alpha value is -1.62. The van der Waals surface area contributed by atoms with E-state index < -0.39 is 0 Å². The predicted molar refractivity (Wildman–Crippen MR) is 71.0 cm³/mol. The molecule has 1 fully saturated rings. The highest BCUT2D eigenvalue weighted by molar-refractivity contribution is 5.77. The second-order valence-electron chi connectivity index (χ2n) is 4.93. The zero-order chi connectivity index (χ0) is 13.1. The van der Waals surface area contributed by atoms with Gasteiger partial charge in [0.1, 0.15) is 5.82 Å². The minimum absolute atomic E-state index is 0.00808. The molecule has 2 atom stereocenters. The van der Waals surface area contributed by atoms with Gasteiger partial charge in [-0.05, 0) is 31.4 Å². The van der Waals surface area contributed by atoms with Crippen molar-refractivity contribution in [3.63, 3.8) is 0 Å². The number of piperidine rings is 1. The summed E-state index contributed by atoms with van der Waals surface area (Å²) in [6, 6.07) is 3.94. The quantitative estimate of drug-likeness (QED) is 0.828. The molecule has 5 heteroatoms. The monoisotopic (exact) mass is 248 g/mol. The van der Waals surface area contributed by atoms with Gasteiger partial charge in [-0.1, -0.05) is 6.07 Å². The molecule has 1 saturated heterocycles. The number of nitrogens with zero attached hydrogens (tertiary/aromatic N) is 2. The fourth-order valence-electron chi connectivity index (χ4n) is 2.27. The fraction of sp³-hybridized carbons (Fsp3) is 0.538. The molecule has 0 saturated carbocycles. The van der Waals surface area contributed by atoms with Gasteiger partial charge in [0.25, 0.3) is 0 Å². The van der Waals surface area contributed by atoms with Gasteiger partial charge in [0.05, 0.1) is 5.92 Å². The molecule has 1 aliphatic heterocycles. The number of amides is 1. The van der Waals surface area contributed by atoms with E-state index in [4.69, 9.17) is 11.5 Å². The maximum Gasteiger partial charge on any atom is 0.222 e. The highest BCUT2D eigenvalue weighted by Gasteiger charge is 2.24. The first-order valence-corrected chi connectivity index (χ1v) is 6.33. The highest BCUT2D eigenvalue weighted by Crippen LogP contribution is 2.22. The van der Waals surface area contributed by atoms with Crippen molar-refractivity contribution in [1.29, 1.82) is 0 Å². The van der Waals surface area contributed by atoms with Gasteiger partial charge < -0.3 is 16.4 Å². The molecule has 18 heavy (non-hydrogen) atoms. The van der Waals surface area contributed by atoms with Gasteiger partial charge in [-0.15, -0.1) is 0 Å². The second-order valence-corrected chi connectivity index (χ2v) is 4.93. The Bertz CT molecular complexity index is 416. The minimum atomic E-state index is -0.216. The maximum absolute atomic E-state index is 11.2.